The maximum atomic E-state index is 9.77. The van der Waals surface area contributed by atoms with Gasteiger partial charge < -0.3 is 4.79 Å². The van der Waals surface area contributed by atoms with Crippen LogP contribution >= 0.6 is 0 Å². The molecule has 0 saturated heterocycles. The van der Waals surface area contributed by atoms with E-state index in [4.69, 9.17) is 0 Å². The van der Waals surface area contributed by atoms with Crippen LogP contribution < -0.4 is 0 Å². The second kappa shape index (κ2) is 1.92. The van der Waals surface area contributed by atoms with E-state index < -0.39 is 0 Å². The molecule has 0 heterocycles. The van der Waals surface area contributed by atoms with Crippen LogP contribution in [0.2, 0.25) is 0 Å². The van der Waals surface area contributed by atoms with Crippen LogP contribution in [0.5, 0.6) is 0 Å². The lowest BCUT2D eigenvalue weighted by Crippen LogP contribution is -2.02. The number of carbonyl (C=O) groups excluding carboxylic acids is 1. The molecular formula is C6H8O. The van der Waals surface area contributed by atoms with E-state index in [-0.39, 0.29) is 0 Å². The Morgan fingerprint density at radius 1 is 1.86 bits per heavy atom. The molecule has 0 aromatic carbocycles. The maximum Gasteiger partial charge on any atom is 0.120 e. The van der Waals surface area contributed by atoms with Crippen molar-refractivity contribution in [1.29, 1.82) is 0 Å². The summed E-state index contributed by atoms with van der Waals surface area (Å²) in [6.45, 7) is 0. The lowest BCUT2D eigenvalue weighted by Gasteiger charge is -2.12. The Morgan fingerprint density at radius 3 is 2.71 bits per heavy atom. The molecule has 1 nitrogen and oxygen atoms in total. The van der Waals surface area contributed by atoms with E-state index in [1.54, 1.807) is 0 Å². The number of rotatable bonds is 2. The molecule has 1 aliphatic carbocycles. The van der Waals surface area contributed by atoms with Gasteiger partial charge >= 0.3 is 0 Å². The van der Waals surface area contributed by atoms with E-state index in [2.05, 4.69) is 12.2 Å². The van der Waals surface area contributed by atoms with E-state index in [1.807, 2.05) is 0 Å². The lowest BCUT2D eigenvalue weighted by molar-refractivity contribution is -0.108. The van der Waals surface area contributed by atoms with Crippen LogP contribution in [-0.4, -0.2) is 6.29 Å². The Morgan fingerprint density at radius 2 is 2.57 bits per heavy atom. The van der Waals surface area contributed by atoms with Crippen molar-refractivity contribution in [3.63, 3.8) is 0 Å². The van der Waals surface area contributed by atoms with Gasteiger partial charge in [0.05, 0.1) is 0 Å². The van der Waals surface area contributed by atoms with Crippen LogP contribution in [0, 0.1) is 5.92 Å². The highest BCUT2D eigenvalue weighted by molar-refractivity contribution is 5.50. The van der Waals surface area contributed by atoms with E-state index in [1.165, 1.54) is 0 Å². The fourth-order valence-corrected chi connectivity index (χ4v) is 0.627. The lowest BCUT2D eigenvalue weighted by atomic mass is 9.93. The third-order valence-corrected chi connectivity index (χ3v) is 1.25. The first-order chi connectivity index (χ1) is 3.43. The van der Waals surface area contributed by atoms with Crippen molar-refractivity contribution in [3.8, 4) is 0 Å². The Kier molecular flexibility index (Phi) is 1.25. The normalized spacial score (nSPS) is 26.6. The van der Waals surface area contributed by atoms with Crippen molar-refractivity contribution in [2.75, 3.05) is 0 Å². The summed E-state index contributed by atoms with van der Waals surface area (Å²) in [6, 6.07) is 0. The van der Waals surface area contributed by atoms with Crippen LogP contribution in [-0.2, 0) is 4.79 Å². The molecule has 0 saturated carbocycles. The van der Waals surface area contributed by atoms with Crippen molar-refractivity contribution in [1.82, 2.24) is 0 Å². The van der Waals surface area contributed by atoms with Gasteiger partial charge in [0.25, 0.3) is 0 Å². The number of allylic oxidation sites excluding steroid dienone is 2. The molecule has 0 aromatic rings. The standard InChI is InChI=1S/C6H8O/c7-5-4-6-2-1-3-6/h1-2,5-6H,3-4H2. The zero-order chi connectivity index (χ0) is 5.11. The molecule has 0 aromatic heterocycles. The summed E-state index contributed by atoms with van der Waals surface area (Å²) in [5.74, 6) is 0.581. The molecular weight excluding hydrogens is 88.1 g/mol. The van der Waals surface area contributed by atoms with E-state index in [0.717, 1.165) is 19.1 Å². The average molecular weight is 96.1 g/mol. The van der Waals surface area contributed by atoms with Crippen molar-refractivity contribution >= 4 is 6.29 Å². The quantitative estimate of drug-likeness (QED) is 0.372. The number of carbonyl (C=O) groups is 1. The third kappa shape index (κ3) is 0.889. The van der Waals surface area contributed by atoms with Gasteiger partial charge in [-0.3, -0.25) is 0 Å². The Labute approximate surface area is 43.0 Å². The zero-order valence-electron chi connectivity index (χ0n) is 4.13. The highest BCUT2D eigenvalue weighted by atomic mass is 16.1. The maximum absolute atomic E-state index is 9.77. The van der Waals surface area contributed by atoms with Gasteiger partial charge in [-0.25, -0.2) is 0 Å². The monoisotopic (exact) mass is 96.1 g/mol. The topological polar surface area (TPSA) is 17.1 Å². The average Bonchev–Trinajstić information content (AvgIpc) is 1.55. The number of hydrogen-bond donors (Lipinski definition) is 0. The molecule has 1 unspecified atom stereocenters. The van der Waals surface area contributed by atoms with Crippen LogP contribution in [0.1, 0.15) is 12.8 Å². The minimum absolute atomic E-state index is 0.581. The second-order valence-corrected chi connectivity index (χ2v) is 1.83. The van der Waals surface area contributed by atoms with Gasteiger partial charge in [0.2, 0.25) is 0 Å². The van der Waals surface area contributed by atoms with Crippen molar-refractivity contribution in [2.45, 2.75) is 12.8 Å². The SMILES string of the molecule is O=CCC1C=CC1. The van der Waals surface area contributed by atoms with Gasteiger partial charge in [0.1, 0.15) is 6.29 Å². The molecule has 0 N–H and O–H groups in total. The fraction of sp³-hybridized carbons (Fsp3) is 0.500. The fourth-order valence-electron chi connectivity index (χ4n) is 0.627. The third-order valence-electron chi connectivity index (χ3n) is 1.25. The van der Waals surface area contributed by atoms with E-state index in [9.17, 15) is 4.79 Å². The minimum atomic E-state index is 0.581. The molecule has 0 aliphatic heterocycles. The van der Waals surface area contributed by atoms with E-state index in [0.29, 0.717) is 5.92 Å². The zero-order valence-corrected chi connectivity index (χ0v) is 4.13. The summed E-state index contributed by atoms with van der Waals surface area (Å²) >= 11 is 0. The van der Waals surface area contributed by atoms with Crippen LogP contribution in [0.15, 0.2) is 12.2 Å². The summed E-state index contributed by atoms with van der Waals surface area (Å²) in [4.78, 5) is 9.77. The Bertz CT molecular complexity index is 94.4. The summed E-state index contributed by atoms with van der Waals surface area (Å²) in [5, 5.41) is 0. The molecule has 0 bridgehead atoms. The Balaban J connectivity index is 2.17. The highest BCUT2D eigenvalue weighted by Crippen LogP contribution is 2.18. The van der Waals surface area contributed by atoms with Crippen molar-refractivity contribution in [2.24, 2.45) is 5.92 Å². The summed E-state index contributed by atoms with van der Waals surface area (Å²) in [7, 11) is 0. The van der Waals surface area contributed by atoms with Gasteiger partial charge in [0, 0.05) is 6.42 Å². The molecule has 1 aliphatic rings. The predicted octanol–water partition coefficient (Wildman–Crippen LogP) is 1.15. The Hall–Kier alpha value is -0.590. The first-order valence-corrected chi connectivity index (χ1v) is 2.54. The van der Waals surface area contributed by atoms with Gasteiger partial charge in [-0.15, -0.1) is 0 Å². The van der Waals surface area contributed by atoms with Crippen LogP contribution in [0.4, 0.5) is 0 Å². The first-order valence-electron chi connectivity index (χ1n) is 2.54. The van der Waals surface area contributed by atoms with Gasteiger partial charge in [-0.05, 0) is 12.3 Å². The van der Waals surface area contributed by atoms with Gasteiger partial charge in [0.15, 0.2) is 0 Å². The first kappa shape index (κ1) is 4.57. The predicted molar refractivity (Wildman–Crippen MR) is 27.9 cm³/mol. The van der Waals surface area contributed by atoms with Crippen molar-refractivity contribution < 1.29 is 4.79 Å². The molecule has 0 spiro atoms. The van der Waals surface area contributed by atoms with Gasteiger partial charge in [-0.1, -0.05) is 12.2 Å². The molecule has 1 heteroatoms. The summed E-state index contributed by atoms with van der Waals surface area (Å²) in [5.41, 5.74) is 0. The second-order valence-electron chi connectivity index (χ2n) is 1.83. The molecule has 1 atom stereocenters. The highest BCUT2D eigenvalue weighted by Gasteiger charge is 2.06. The van der Waals surface area contributed by atoms with Crippen LogP contribution in [0.25, 0.3) is 0 Å². The van der Waals surface area contributed by atoms with E-state index >= 15 is 0 Å². The van der Waals surface area contributed by atoms with Gasteiger partial charge in [-0.2, -0.15) is 0 Å². The number of hydrogen-bond acceptors (Lipinski definition) is 1. The molecule has 38 valence electrons. The smallest absolute Gasteiger partial charge is 0.120 e. The summed E-state index contributed by atoms with van der Waals surface area (Å²) < 4.78 is 0. The molecule has 7 heavy (non-hydrogen) atoms. The van der Waals surface area contributed by atoms with Crippen LogP contribution in [0.3, 0.4) is 0 Å². The molecule has 0 fully saturated rings. The molecule has 0 amide bonds. The molecule has 1 rings (SSSR count). The largest absolute Gasteiger partial charge is 0.303 e. The summed E-state index contributed by atoms with van der Waals surface area (Å²) in [6.07, 6.45) is 6.98. The number of aldehydes is 1. The van der Waals surface area contributed by atoms with Crippen molar-refractivity contribution in [3.05, 3.63) is 12.2 Å². The minimum Gasteiger partial charge on any atom is -0.303 e. The molecule has 0 radical (unpaired) electrons.